The zero-order chi connectivity index (χ0) is 14.2. The molecule has 0 saturated heterocycles. The number of hydrogen-bond acceptors (Lipinski definition) is 3. The molecule has 2 aliphatic rings. The van der Waals surface area contributed by atoms with E-state index in [1.807, 2.05) is 29.5 Å². The topological polar surface area (TPSA) is 21.3 Å². The van der Waals surface area contributed by atoms with Crippen LogP contribution in [0.25, 0.3) is 0 Å². The number of halogens is 1. The molecule has 1 aliphatic heterocycles. The van der Waals surface area contributed by atoms with Crippen molar-refractivity contribution < 1.29 is 4.74 Å². The number of rotatable bonds is 3. The summed E-state index contributed by atoms with van der Waals surface area (Å²) in [6, 6.07) is 8.68. The van der Waals surface area contributed by atoms with Crippen LogP contribution < -0.4 is 10.1 Å². The Labute approximate surface area is 134 Å². The van der Waals surface area contributed by atoms with E-state index in [1.165, 1.54) is 30.4 Å². The molecule has 1 aromatic heterocycles. The van der Waals surface area contributed by atoms with Crippen LogP contribution in [-0.2, 0) is 12.8 Å². The van der Waals surface area contributed by atoms with E-state index in [0.717, 1.165) is 23.7 Å². The van der Waals surface area contributed by atoms with Crippen molar-refractivity contribution in [2.45, 2.75) is 37.8 Å². The van der Waals surface area contributed by atoms with Crippen LogP contribution in [0.5, 0.6) is 5.75 Å². The van der Waals surface area contributed by atoms with E-state index in [4.69, 9.17) is 16.3 Å². The Morgan fingerprint density at radius 2 is 2.29 bits per heavy atom. The van der Waals surface area contributed by atoms with Gasteiger partial charge >= 0.3 is 0 Å². The lowest BCUT2D eigenvalue weighted by molar-refractivity contribution is 0.219. The number of ether oxygens (including phenoxy) is 1. The predicted molar refractivity (Wildman–Crippen MR) is 87.6 cm³/mol. The van der Waals surface area contributed by atoms with Gasteiger partial charge in [-0.1, -0.05) is 11.6 Å². The van der Waals surface area contributed by atoms with Crippen molar-refractivity contribution in [3.05, 3.63) is 50.7 Å². The molecule has 1 N–H and O–H groups in total. The highest BCUT2D eigenvalue weighted by atomic mass is 35.5. The van der Waals surface area contributed by atoms with Gasteiger partial charge in [0, 0.05) is 28.9 Å². The average molecular weight is 320 g/mol. The molecule has 2 nitrogen and oxygen atoms in total. The summed E-state index contributed by atoms with van der Waals surface area (Å²) in [5, 5.41) is 6.71. The summed E-state index contributed by atoms with van der Waals surface area (Å²) in [4.78, 5) is 1.56. The number of benzene rings is 1. The van der Waals surface area contributed by atoms with Gasteiger partial charge in [-0.05, 0) is 60.0 Å². The van der Waals surface area contributed by atoms with Crippen molar-refractivity contribution in [3.8, 4) is 5.75 Å². The Balaban J connectivity index is 1.39. The Morgan fingerprint density at radius 1 is 1.33 bits per heavy atom. The minimum atomic E-state index is 0.225. The molecule has 0 amide bonds. The summed E-state index contributed by atoms with van der Waals surface area (Å²) >= 11 is 7.94. The lowest BCUT2D eigenvalue weighted by Crippen LogP contribution is -2.34. The second kappa shape index (κ2) is 5.64. The van der Waals surface area contributed by atoms with E-state index in [2.05, 4.69) is 16.8 Å². The molecule has 2 aromatic rings. The van der Waals surface area contributed by atoms with Crippen LogP contribution in [0.2, 0.25) is 5.02 Å². The molecule has 1 aliphatic carbocycles. The first-order chi connectivity index (χ1) is 10.3. The molecular formula is C17H18ClNOS. The van der Waals surface area contributed by atoms with Crippen molar-refractivity contribution in [2.75, 3.05) is 6.54 Å². The third-order valence-electron chi connectivity index (χ3n) is 4.41. The van der Waals surface area contributed by atoms with Crippen molar-refractivity contribution in [1.29, 1.82) is 0 Å². The summed E-state index contributed by atoms with van der Waals surface area (Å²) in [6.45, 7) is 0.895. The SMILES string of the molecule is Clc1ccc2c(c1)CC(CNC1CCCc3sccc31)O2. The Hall–Kier alpha value is -1.03. The summed E-state index contributed by atoms with van der Waals surface area (Å²) < 4.78 is 6.00. The molecular weight excluding hydrogens is 302 g/mol. The fraction of sp³-hybridized carbons (Fsp3) is 0.412. The van der Waals surface area contributed by atoms with Gasteiger partial charge in [0.05, 0.1) is 0 Å². The maximum absolute atomic E-state index is 6.04. The number of aryl methyl sites for hydroxylation is 1. The summed E-state index contributed by atoms with van der Waals surface area (Å²) in [7, 11) is 0. The highest BCUT2D eigenvalue weighted by Gasteiger charge is 2.26. The maximum Gasteiger partial charge on any atom is 0.123 e. The van der Waals surface area contributed by atoms with Crippen LogP contribution in [0.4, 0.5) is 0 Å². The van der Waals surface area contributed by atoms with E-state index in [0.29, 0.717) is 6.04 Å². The van der Waals surface area contributed by atoms with E-state index in [1.54, 1.807) is 4.88 Å². The third-order valence-corrected chi connectivity index (χ3v) is 5.64. The highest BCUT2D eigenvalue weighted by Crippen LogP contribution is 2.34. The van der Waals surface area contributed by atoms with Crippen LogP contribution >= 0.6 is 22.9 Å². The van der Waals surface area contributed by atoms with E-state index < -0.39 is 0 Å². The molecule has 0 bridgehead atoms. The summed E-state index contributed by atoms with van der Waals surface area (Å²) in [5.74, 6) is 0.992. The molecule has 0 radical (unpaired) electrons. The molecule has 0 spiro atoms. The predicted octanol–water partition coefficient (Wildman–Crippen LogP) is 4.37. The number of fused-ring (bicyclic) bond motifs is 2. The molecule has 0 saturated carbocycles. The lowest BCUT2D eigenvalue weighted by atomic mass is 9.94. The van der Waals surface area contributed by atoms with Gasteiger partial charge in [-0.15, -0.1) is 11.3 Å². The van der Waals surface area contributed by atoms with E-state index >= 15 is 0 Å². The monoisotopic (exact) mass is 319 g/mol. The van der Waals surface area contributed by atoms with Gasteiger partial charge in [-0.2, -0.15) is 0 Å². The van der Waals surface area contributed by atoms with Crippen molar-refractivity contribution >= 4 is 22.9 Å². The summed E-state index contributed by atoms with van der Waals surface area (Å²) in [6.07, 6.45) is 4.94. The molecule has 0 fully saturated rings. The maximum atomic E-state index is 6.04. The van der Waals surface area contributed by atoms with Gasteiger partial charge in [0.25, 0.3) is 0 Å². The number of hydrogen-bond donors (Lipinski definition) is 1. The second-order valence-electron chi connectivity index (χ2n) is 5.85. The van der Waals surface area contributed by atoms with Gasteiger partial charge in [-0.3, -0.25) is 0 Å². The first-order valence-electron chi connectivity index (χ1n) is 7.54. The average Bonchev–Trinajstić information content (AvgIpc) is 3.10. The molecule has 4 heteroatoms. The fourth-order valence-electron chi connectivity index (χ4n) is 3.38. The second-order valence-corrected chi connectivity index (χ2v) is 7.29. The number of thiophene rings is 1. The third kappa shape index (κ3) is 2.70. The minimum Gasteiger partial charge on any atom is -0.488 e. The van der Waals surface area contributed by atoms with Crippen LogP contribution in [0, 0.1) is 0 Å². The number of nitrogens with one attached hydrogen (secondary N) is 1. The van der Waals surface area contributed by atoms with Crippen molar-refractivity contribution in [3.63, 3.8) is 0 Å². The molecule has 110 valence electrons. The minimum absolute atomic E-state index is 0.225. The van der Waals surface area contributed by atoms with E-state index in [9.17, 15) is 0 Å². The highest BCUT2D eigenvalue weighted by molar-refractivity contribution is 7.10. The van der Waals surface area contributed by atoms with Crippen molar-refractivity contribution in [2.24, 2.45) is 0 Å². The Morgan fingerprint density at radius 3 is 3.24 bits per heavy atom. The first kappa shape index (κ1) is 13.6. The smallest absolute Gasteiger partial charge is 0.123 e. The standard InChI is InChI=1S/C17H18ClNOS/c18-12-4-5-16-11(8-12)9-13(20-16)10-19-15-2-1-3-17-14(15)6-7-21-17/h4-8,13,15,19H,1-3,9-10H2. The largest absolute Gasteiger partial charge is 0.488 e. The van der Waals surface area contributed by atoms with Gasteiger partial charge in [-0.25, -0.2) is 0 Å². The Bertz CT molecular complexity index is 654. The van der Waals surface area contributed by atoms with Crippen molar-refractivity contribution in [1.82, 2.24) is 5.32 Å². The molecule has 2 atom stereocenters. The molecule has 2 heterocycles. The molecule has 2 unspecified atom stereocenters. The normalized spacial score (nSPS) is 23.5. The lowest BCUT2D eigenvalue weighted by Gasteiger charge is -2.25. The fourth-order valence-corrected chi connectivity index (χ4v) is 4.56. The van der Waals surface area contributed by atoms with Gasteiger partial charge in [0.1, 0.15) is 11.9 Å². The van der Waals surface area contributed by atoms with Gasteiger partial charge < -0.3 is 10.1 Å². The molecule has 4 rings (SSSR count). The summed E-state index contributed by atoms with van der Waals surface area (Å²) in [5.41, 5.74) is 2.74. The van der Waals surface area contributed by atoms with E-state index in [-0.39, 0.29) is 6.10 Å². The Kier molecular flexibility index (Phi) is 3.66. The van der Waals surface area contributed by atoms with Crippen LogP contribution in [0.3, 0.4) is 0 Å². The molecule has 21 heavy (non-hydrogen) atoms. The zero-order valence-electron chi connectivity index (χ0n) is 11.8. The molecule has 1 aromatic carbocycles. The van der Waals surface area contributed by atoms with Gasteiger partial charge in [0.2, 0.25) is 0 Å². The van der Waals surface area contributed by atoms with Crippen LogP contribution in [-0.4, -0.2) is 12.6 Å². The van der Waals surface area contributed by atoms with Crippen LogP contribution in [0.1, 0.15) is 34.9 Å². The zero-order valence-corrected chi connectivity index (χ0v) is 13.3. The quantitative estimate of drug-likeness (QED) is 0.907. The first-order valence-corrected chi connectivity index (χ1v) is 8.80. The van der Waals surface area contributed by atoms with Gasteiger partial charge in [0.15, 0.2) is 0 Å². The van der Waals surface area contributed by atoms with Crippen LogP contribution in [0.15, 0.2) is 29.6 Å².